The quantitative estimate of drug-likeness (QED) is 0.396. The van der Waals surface area contributed by atoms with Crippen LogP contribution in [0.5, 0.6) is 0 Å². The molecule has 1 aromatic carbocycles. The first-order chi connectivity index (χ1) is 19.8. The van der Waals surface area contributed by atoms with Crippen LogP contribution in [0.15, 0.2) is 48.7 Å². The van der Waals surface area contributed by atoms with Crippen molar-refractivity contribution in [2.24, 2.45) is 11.8 Å². The number of pyridine rings is 1. The molecule has 0 bridgehead atoms. The second-order valence-electron chi connectivity index (χ2n) is 12.7. The molecule has 1 atom stereocenters. The van der Waals surface area contributed by atoms with Crippen molar-refractivity contribution in [3.63, 3.8) is 0 Å². The second-order valence-corrected chi connectivity index (χ2v) is 12.7. The van der Waals surface area contributed by atoms with E-state index in [4.69, 9.17) is 0 Å². The number of carbonyl (C=O) groups is 3. The fraction of sp³-hybridized carbons (Fsp3) is 0.576. The topological polar surface area (TPSA) is 94.6 Å². The molecular weight excluding hydrogens is 514 g/mol. The number of carbonyl (C=O) groups excluding carboxylic acids is 3. The van der Waals surface area contributed by atoms with Crippen LogP contribution >= 0.6 is 0 Å². The SMILES string of the molecule is CCC(C)C[C@]1(c2ccccc2)CC[C@]2(CC1)CN(CC(=O)Nc1cc(C(=O)NC)ccn1)C(=O)N2CC1CCC1. The van der Waals surface area contributed by atoms with Crippen molar-refractivity contribution in [1.29, 1.82) is 0 Å². The lowest BCUT2D eigenvalue weighted by molar-refractivity contribution is -0.116. The number of amides is 4. The normalized spacial score (nSPS) is 25.2. The molecule has 220 valence electrons. The zero-order chi connectivity index (χ0) is 29.0. The Balaban J connectivity index is 1.33. The van der Waals surface area contributed by atoms with Gasteiger partial charge in [-0.3, -0.25) is 9.59 Å². The molecule has 2 heterocycles. The summed E-state index contributed by atoms with van der Waals surface area (Å²) in [5.41, 5.74) is 1.73. The minimum atomic E-state index is -0.299. The zero-order valence-corrected chi connectivity index (χ0v) is 24.8. The van der Waals surface area contributed by atoms with E-state index >= 15 is 0 Å². The minimum absolute atomic E-state index is 0.0201. The molecule has 5 rings (SSSR count). The summed E-state index contributed by atoms with van der Waals surface area (Å²) in [5.74, 6) is 0.952. The van der Waals surface area contributed by atoms with Crippen molar-refractivity contribution in [3.05, 3.63) is 59.8 Å². The average Bonchev–Trinajstić information content (AvgIpc) is 3.21. The molecule has 8 nitrogen and oxygen atoms in total. The van der Waals surface area contributed by atoms with E-state index < -0.39 is 0 Å². The lowest BCUT2D eigenvalue weighted by Gasteiger charge is -2.50. The predicted molar refractivity (Wildman–Crippen MR) is 161 cm³/mol. The molecule has 2 aromatic rings. The van der Waals surface area contributed by atoms with Gasteiger partial charge in [-0.2, -0.15) is 0 Å². The highest BCUT2D eigenvalue weighted by Crippen LogP contribution is 2.51. The van der Waals surface area contributed by atoms with Gasteiger partial charge < -0.3 is 20.4 Å². The summed E-state index contributed by atoms with van der Waals surface area (Å²) < 4.78 is 0. The van der Waals surface area contributed by atoms with E-state index in [1.54, 1.807) is 24.1 Å². The van der Waals surface area contributed by atoms with E-state index in [0.29, 0.717) is 29.8 Å². The number of nitrogens with one attached hydrogen (secondary N) is 2. The fourth-order valence-corrected chi connectivity index (χ4v) is 7.19. The molecule has 1 unspecified atom stereocenters. The lowest BCUT2D eigenvalue weighted by Crippen LogP contribution is -2.54. The first-order valence-electron chi connectivity index (χ1n) is 15.4. The molecule has 4 amide bonds. The Morgan fingerprint density at radius 3 is 2.46 bits per heavy atom. The van der Waals surface area contributed by atoms with Crippen LogP contribution in [0.2, 0.25) is 0 Å². The van der Waals surface area contributed by atoms with E-state index in [-0.39, 0.29) is 35.3 Å². The molecule has 2 saturated carbocycles. The van der Waals surface area contributed by atoms with Crippen LogP contribution in [0.25, 0.3) is 0 Å². The van der Waals surface area contributed by atoms with Crippen LogP contribution in [0.3, 0.4) is 0 Å². The molecule has 0 radical (unpaired) electrons. The van der Waals surface area contributed by atoms with Gasteiger partial charge in [0.2, 0.25) is 5.91 Å². The van der Waals surface area contributed by atoms with Crippen LogP contribution in [-0.4, -0.2) is 64.9 Å². The molecule has 2 aliphatic carbocycles. The molecule has 1 aromatic heterocycles. The van der Waals surface area contributed by atoms with E-state index in [9.17, 15) is 14.4 Å². The number of hydrogen-bond acceptors (Lipinski definition) is 4. The maximum Gasteiger partial charge on any atom is 0.321 e. The van der Waals surface area contributed by atoms with Crippen LogP contribution in [0, 0.1) is 11.8 Å². The standard InChI is InChI=1S/C33H45N5O3/c1-4-24(2)20-32(27-11-6-5-7-12-27)14-16-33(17-15-32)23-37(31(41)38(33)21-25-9-8-10-25)22-29(39)36-28-19-26(13-18-35-28)30(40)34-3/h5-7,11-13,18-19,24-25H,4,8-10,14-17,20-23H2,1-3H3,(H,34,40)(H,35,36,39)/t24?,32-,33-. The third kappa shape index (κ3) is 6.11. The molecule has 8 heteroatoms. The van der Waals surface area contributed by atoms with Crippen molar-refractivity contribution in [2.45, 2.75) is 82.6 Å². The minimum Gasteiger partial charge on any atom is -0.355 e. The Morgan fingerprint density at radius 2 is 1.83 bits per heavy atom. The summed E-state index contributed by atoms with van der Waals surface area (Å²) in [7, 11) is 1.56. The summed E-state index contributed by atoms with van der Waals surface area (Å²) in [6, 6.07) is 14.1. The fourth-order valence-electron chi connectivity index (χ4n) is 7.19. The number of anilines is 1. The van der Waals surface area contributed by atoms with E-state index in [1.807, 2.05) is 0 Å². The van der Waals surface area contributed by atoms with Gasteiger partial charge >= 0.3 is 6.03 Å². The number of urea groups is 1. The largest absolute Gasteiger partial charge is 0.355 e. The maximum atomic E-state index is 13.9. The first kappa shape index (κ1) is 29.1. The third-order valence-electron chi connectivity index (χ3n) is 10.0. The summed E-state index contributed by atoms with van der Waals surface area (Å²) in [6.45, 7) is 5.97. The van der Waals surface area contributed by atoms with E-state index in [0.717, 1.165) is 45.1 Å². The summed E-state index contributed by atoms with van der Waals surface area (Å²) in [5, 5.41) is 5.38. The van der Waals surface area contributed by atoms with Gasteiger partial charge in [-0.25, -0.2) is 9.78 Å². The molecule has 1 spiro atoms. The van der Waals surface area contributed by atoms with Crippen LogP contribution in [0.4, 0.5) is 10.6 Å². The van der Waals surface area contributed by atoms with Crippen molar-refractivity contribution < 1.29 is 14.4 Å². The van der Waals surface area contributed by atoms with Gasteiger partial charge in [-0.15, -0.1) is 0 Å². The van der Waals surface area contributed by atoms with Gasteiger partial charge in [-0.1, -0.05) is 57.0 Å². The van der Waals surface area contributed by atoms with Crippen molar-refractivity contribution in [2.75, 3.05) is 32.0 Å². The van der Waals surface area contributed by atoms with Gasteiger partial charge in [0.1, 0.15) is 12.4 Å². The number of aromatic nitrogens is 1. The zero-order valence-electron chi connectivity index (χ0n) is 24.8. The van der Waals surface area contributed by atoms with Crippen LogP contribution in [0.1, 0.15) is 87.6 Å². The highest BCUT2D eigenvalue weighted by molar-refractivity contribution is 5.97. The first-order valence-corrected chi connectivity index (χ1v) is 15.4. The molecule has 3 fully saturated rings. The molecule has 1 saturated heterocycles. The van der Waals surface area contributed by atoms with Gasteiger partial charge in [0, 0.05) is 31.9 Å². The molecule has 41 heavy (non-hydrogen) atoms. The van der Waals surface area contributed by atoms with Gasteiger partial charge in [0.25, 0.3) is 5.91 Å². The molecular formula is C33H45N5O3. The van der Waals surface area contributed by atoms with Gasteiger partial charge in [0.05, 0.1) is 5.54 Å². The Labute approximate surface area is 244 Å². The lowest BCUT2D eigenvalue weighted by atomic mass is 9.60. The van der Waals surface area contributed by atoms with Gasteiger partial charge in [-0.05, 0) is 79.9 Å². The number of rotatable bonds is 10. The Bertz CT molecular complexity index is 1240. The maximum absolute atomic E-state index is 13.9. The number of benzene rings is 1. The highest BCUT2D eigenvalue weighted by atomic mass is 16.2. The molecule has 2 N–H and O–H groups in total. The predicted octanol–water partition coefficient (Wildman–Crippen LogP) is 5.60. The smallest absolute Gasteiger partial charge is 0.321 e. The Morgan fingerprint density at radius 1 is 1.10 bits per heavy atom. The van der Waals surface area contributed by atoms with Crippen molar-refractivity contribution in [1.82, 2.24) is 20.1 Å². The van der Waals surface area contributed by atoms with E-state index in [1.165, 1.54) is 31.0 Å². The Hall–Kier alpha value is -3.42. The van der Waals surface area contributed by atoms with Crippen LogP contribution in [-0.2, 0) is 10.2 Å². The third-order valence-corrected chi connectivity index (χ3v) is 10.0. The number of hydrogen-bond donors (Lipinski definition) is 2. The van der Waals surface area contributed by atoms with Crippen LogP contribution < -0.4 is 10.6 Å². The van der Waals surface area contributed by atoms with Gasteiger partial charge in [0.15, 0.2) is 0 Å². The Kier molecular flexibility index (Phi) is 8.66. The molecule has 3 aliphatic rings. The number of nitrogens with zero attached hydrogens (tertiary/aromatic N) is 3. The highest BCUT2D eigenvalue weighted by Gasteiger charge is 2.54. The summed E-state index contributed by atoms with van der Waals surface area (Å²) in [4.78, 5) is 47.1. The average molecular weight is 560 g/mol. The van der Waals surface area contributed by atoms with Crippen molar-refractivity contribution >= 4 is 23.7 Å². The van der Waals surface area contributed by atoms with E-state index in [2.05, 4.69) is 64.7 Å². The second kappa shape index (κ2) is 12.2. The summed E-state index contributed by atoms with van der Waals surface area (Å²) >= 11 is 0. The monoisotopic (exact) mass is 559 g/mol. The van der Waals surface area contributed by atoms with Crippen molar-refractivity contribution in [3.8, 4) is 0 Å². The summed E-state index contributed by atoms with van der Waals surface area (Å²) in [6.07, 6.45) is 11.4. The molecule has 1 aliphatic heterocycles.